The van der Waals surface area contributed by atoms with Crippen molar-refractivity contribution in [1.29, 1.82) is 0 Å². The van der Waals surface area contributed by atoms with Crippen molar-refractivity contribution < 1.29 is 4.79 Å². The number of hydrogen-bond donors (Lipinski definition) is 2. The van der Waals surface area contributed by atoms with Gasteiger partial charge in [0.2, 0.25) is 0 Å². The molecule has 0 atom stereocenters. The maximum atomic E-state index is 12.2. The standard InChI is InChI=1S/C15H12N6OS2/c22-15(13-6-12(18-19-13)14-2-1-4-24-14)16-7-10-8-21(20-17-10)11-3-5-23-9-11/h1-6,8-9H,7H2,(H,16,22)(H,18,19). The Hall–Kier alpha value is -2.78. The van der Waals surface area contributed by atoms with E-state index in [1.165, 1.54) is 0 Å². The molecule has 0 saturated heterocycles. The summed E-state index contributed by atoms with van der Waals surface area (Å²) in [7, 11) is 0. The van der Waals surface area contributed by atoms with Crippen molar-refractivity contribution in [3.63, 3.8) is 0 Å². The third-order valence-corrected chi connectivity index (χ3v) is 4.91. The van der Waals surface area contributed by atoms with Gasteiger partial charge in [-0.05, 0) is 29.0 Å². The molecule has 4 aromatic rings. The van der Waals surface area contributed by atoms with Crippen LogP contribution in [-0.4, -0.2) is 31.1 Å². The highest BCUT2D eigenvalue weighted by molar-refractivity contribution is 7.13. The summed E-state index contributed by atoms with van der Waals surface area (Å²) in [4.78, 5) is 13.2. The van der Waals surface area contributed by atoms with Crippen LogP contribution >= 0.6 is 22.7 Å². The van der Waals surface area contributed by atoms with Crippen LogP contribution < -0.4 is 5.32 Å². The van der Waals surface area contributed by atoms with Gasteiger partial charge in [0, 0.05) is 5.38 Å². The molecule has 4 heterocycles. The predicted molar refractivity (Wildman–Crippen MR) is 92.3 cm³/mol. The fourth-order valence-electron chi connectivity index (χ4n) is 2.15. The van der Waals surface area contributed by atoms with Gasteiger partial charge in [0.15, 0.2) is 5.69 Å². The Balaban J connectivity index is 1.40. The molecule has 0 aliphatic carbocycles. The van der Waals surface area contributed by atoms with Gasteiger partial charge >= 0.3 is 0 Å². The SMILES string of the molecule is O=C(NCc1cn(-c2ccsc2)nn1)c1cc(-c2cccs2)[nH]n1. The van der Waals surface area contributed by atoms with Crippen LogP contribution in [0.15, 0.2) is 46.6 Å². The monoisotopic (exact) mass is 356 g/mol. The van der Waals surface area contributed by atoms with E-state index in [4.69, 9.17) is 0 Å². The number of carbonyl (C=O) groups is 1. The van der Waals surface area contributed by atoms with Crippen molar-refractivity contribution in [1.82, 2.24) is 30.5 Å². The van der Waals surface area contributed by atoms with E-state index in [9.17, 15) is 4.79 Å². The molecule has 4 aromatic heterocycles. The van der Waals surface area contributed by atoms with E-state index in [0.717, 1.165) is 16.3 Å². The van der Waals surface area contributed by atoms with Crippen molar-refractivity contribution >= 4 is 28.6 Å². The molecule has 9 heteroatoms. The van der Waals surface area contributed by atoms with Crippen molar-refractivity contribution in [3.05, 3.63) is 58.0 Å². The lowest BCUT2D eigenvalue weighted by molar-refractivity contribution is 0.0945. The zero-order chi connectivity index (χ0) is 16.4. The number of aromatic amines is 1. The van der Waals surface area contributed by atoms with Crippen LogP contribution in [0.3, 0.4) is 0 Å². The van der Waals surface area contributed by atoms with E-state index in [1.54, 1.807) is 39.6 Å². The zero-order valence-electron chi connectivity index (χ0n) is 12.3. The normalized spacial score (nSPS) is 10.8. The molecule has 0 unspecified atom stereocenters. The minimum Gasteiger partial charge on any atom is -0.345 e. The number of nitrogens with one attached hydrogen (secondary N) is 2. The lowest BCUT2D eigenvalue weighted by Crippen LogP contribution is -2.23. The predicted octanol–water partition coefficient (Wildman–Crippen LogP) is 2.71. The lowest BCUT2D eigenvalue weighted by atomic mass is 10.3. The van der Waals surface area contributed by atoms with E-state index in [-0.39, 0.29) is 5.91 Å². The fourth-order valence-corrected chi connectivity index (χ4v) is 3.47. The van der Waals surface area contributed by atoms with E-state index in [1.807, 2.05) is 34.3 Å². The molecule has 0 bridgehead atoms. The molecule has 0 aromatic carbocycles. The molecule has 0 fully saturated rings. The van der Waals surface area contributed by atoms with Crippen LogP contribution in [-0.2, 0) is 6.54 Å². The summed E-state index contributed by atoms with van der Waals surface area (Å²) >= 11 is 3.18. The summed E-state index contributed by atoms with van der Waals surface area (Å²) in [5, 5.41) is 23.8. The molecular weight excluding hydrogens is 344 g/mol. The molecule has 120 valence electrons. The quantitative estimate of drug-likeness (QED) is 0.575. The van der Waals surface area contributed by atoms with Gasteiger partial charge in [-0.3, -0.25) is 9.89 Å². The highest BCUT2D eigenvalue weighted by atomic mass is 32.1. The van der Waals surface area contributed by atoms with Crippen LogP contribution in [0.4, 0.5) is 0 Å². The van der Waals surface area contributed by atoms with Crippen molar-refractivity contribution in [2.24, 2.45) is 0 Å². The Morgan fingerprint density at radius 1 is 1.33 bits per heavy atom. The van der Waals surface area contributed by atoms with E-state index in [2.05, 4.69) is 25.8 Å². The number of hydrogen-bond acceptors (Lipinski definition) is 6. The molecule has 0 aliphatic rings. The van der Waals surface area contributed by atoms with E-state index < -0.39 is 0 Å². The minimum atomic E-state index is -0.251. The molecule has 2 N–H and O–H groups in total. The molecule has 1 amide bonds. The van der Waals surface area contributed by atoms with Gasteiger partial charge < -0.3 is 5.32 Å². The average molecular weight is 356 g/mol. The minimum absolute atomic E-state index is 0.251. The van der Waals surface area contributed by atoms with Gasteiger partial charge in [-0.2, -0.15) is 16.4 Å². The van der Waals surface area contributed by atoms with Crippen molar-refractivity contribution in [2.45, 2.75) is 6.54 Å². The molecular formula is C15H12N6OS2. The molecule has 7 nitrogen and oxygen atoms in total. The number of amides is 1. The van der Waals surface area contributed by atoms with Gasteiger partial charge in [0.1, 0.15) is 5.69 Å². The fraction of sp³-hybridized carbons (Fsp3) is 0.0667. The van der Waals surface area contributed by atoms with Gasteiger partial charge in [-0.25, -0.2) is 4.68 Å². The number of carbonyl (C=O) groups excluding carboxylic acids is 1. The average Bonchev–Trinajstić information content (AvgIpc) is 3.40. The van der Waals surface area contributed by atoms with Crippen LogP contribution in [0.5, 0.6) is 0 Å². The molecule has 4 rings (SSSR count). The number of aromatic nitrogens is 5. The summed E-state index contributed by atoms with van der Waals surface area (Å²) in [5.41, 5.74) is 2.82. The molecule has 0 spiro atoms. The van der Waals surface area contributed by atoms with Crippen molar-refractivity contribution in [2.75, 3.05) is 0 Å². The van der Waals surface area contributed by atoms with Crippen LogP contribution in [0, 0.1) is 0 Å². The number of nitrogens with zero attached hydrogens (tertiary/aromatic N) is 4. The maximum Gasteiger partial charge on any atom is 0.272 e. The number of thiophene rings is 2. The van der Waals surface area contributed by atoms with Crippen LogP contribution in [0.2, 0.25) is 0 Å². The smallest absolute Gasteiger partial charge is 0.272 e. The first-order valence-corrected chi connectivity index (χ1v) is 8.93. The highest BCUT2D eigenvalue weighted by Crippen LogP contribution is 2.22. The molecule has 0 saturated carbocycles. The second-order valence-corrected chi connectivity index (χ2v) is 6.69. The molecule has 0 radical (unpaired) electrons. The number of rotatable bonds is 5. The Labute approximate surface area is 145 Å². The largest absolute Gasteiger partial charge is 0.345 e. The Morgan fingerprint density at radius 3 is 3.08 bits per heavy atom. The summed E-state index contributed by atoms with van der Waals surface area (Å²) in [6, 6.07) is 7.63. The van der Waals surface area contributed by atoms with Crippen LogP contribution in [0.1, 0.15) is 16.2 Å². The lowest BCUT2D eigenvalue weighted by Gasteiger charge is -1.98. The Kier molecular flexibility index (Phi) is 3.93. The Bertz CT molecular complexity index is 939. The van der Waals surface area contributed by atoms with Gasteiger partial charge in [-0.15, -0.1) is 16.4 Å². The van der Waals surface area contributed by atoms with Gasteiger partial charge in [-0.1, -0.05) is 11.3 Å². The second kappa shape index (κ2) is 6.38. The molecule has 0 aliphatic heterocycles. The van der Waals surface area contributed by atoms with Gasteiger partial charge in [0.25, 0.3) is 5.91 Å². The Morgan fingerprint density at radius 2 is 2.29 bits per heavy atom. The maximum absolute atomic E-state index is 12.2. The topological polar surface area (TPSA) is 88.5 Å². The third kappa shape index (κ3) is 2.99. The zero-order valence-corrected chi connectivity index (χ0v) is 14.0. The highest BCUT2D eigenvalue weighted by Gasteiger charge is 2.12. The summed E-state index contributed by atoms with van der Waals surface area (Å²) in [6.07, 6.45) is 1.80. The first-order valence-electron chi connectivity index (χ1n) is 7.11. The van der Waals surface area contributed by atoms with Crippen LogP contribution in [0.25, 0.3) is 16.3 Å². The second-order valence-electron chi connectivity index (χ2n) is 4.96. The third-order valence-electron chi connectivity index (χ3n) is 3.34. The van der Waals surface area contributed by atoms with E-state index >= 15 is 0 Å². The van der Waals surface area contributed by atoms with E-state index in [0.29, 0.717) is 17.9 Å². The first-order chi connectivity index (χ1) is 11.8. The first kappa shape index (κ1) is 14.8. The van der Waals surface area contributed by atoms with Gasteiger partial charge in [0.05, 0.1) is 29.0 Å². The summed E-state index contributed by atoms with van der Waals surface area (Å²) < 4.78 is 1.68. The number of H-pyrrole nitrogens is 1. The van der Waals surface area contributed by atoms with Crippen molar-refractivity contribution in [3.8, 4) is 16.3 Å². The summed E-state index contributed by atoms with van der Waals surface area (Å²) in [6.45, 7) is 0.296. The summed E-state index contributed by atoms with van der Waals surface area (Å²) in [5.74, 6) is -0.251. The molecule has 24 heavy (non-hydrogen) atoms.